The number of halogens is 1. The number of hydrogen-bond donors (Lipinski definition) is 1. The first-order valence-electron chi connectivity index (χ1n) is 8.72. The molecule has 2 aromatic rings. The lowest BCUT2D eigenvalue weighted by atomic mass is 10.2. The van der Waals surface area contributed by atoms with Crippen molar-refractivity contribution in [3.05, 3.63) is 54.1 Å². The van der Waals surface area contributed by atoms with Crippen LogP contribution >= 0.6 is 24.0 Å². The predicted molar refractivity (Wildman–Crippen MR) is 120 cm³/mol. The third-order valence-corrected chi connectivity index (χ3v) is 3.97. The molecule has 0 amide bonds. The van der Waals surface area contributed by atoms with Gasteiger partial charge in [0.1, 0.15) is 18.1 Å². The highest BCUT2D eigenvalue weighted by Gasteiger charge is 2.09. The Morgan fingerprint density at radius 3 is 2.59 bits per heavy atom. The van der Waals surface area contributed by atoms with E-state index in [1.165, 1.54) is 5.56 Å². The molecule has 0 radical (unpaired) electrons. The summed E-state index contributed by atoms with van der Waals surface area (Å²) in [5.41, 5.74) is 1.18. The van der Waals surface area contributed by atoms with E-state index in [0.29, 0.717) is 19.7 Å². The number of ether oxygens (including phenoxy) is 1. The van der Waals surface area contributed by atoms with E-state index in [1.54, 1.807) is 0 Å². The van der Waals surface area contributed by atoms with Crippen molar-refractivity contribution in [2.45, 2.75) is 26.9 Å². The van der Waals surface area contributed by atoms with Crippen LogP contribution in [-0.4, -0.2) is 45.8 Å². The van der Waals surface area contributed by atoms with E-state index in [9.17, 15) is 0 Å². The van der Waals surface area contributed by atoms with Crippen LogP contribution in [0.1, 0.15) is 24.1 Å². The van der Waals surface area contributed by atoms with Gasteiger partial charge in [0, 0.05) is 27.2 Å². The van der Waals surface area contributed by atoms with Gasteiger partial charge in [0.2, 0.25) is 0 Å². The number of aromatic nitrogens is 3. The monoisotopic (exact) mass is 484 g/mol. The molecule has 0 aliphatic carbocycles. The third kappa shape index (κ3) is 6.85. The predicted octanol–water partition coefficient (Wildman–Crippen LogP) is 2.90. The van der Waals surface area contributed by atoms with Gasteiger partial charge in [0.15, 0.2) is 11.8 Å². The Morgan fingerprint density at radius 2 is 2.04 bits per heavy atom. The lowest BCUT2D eigenvalue weighted by Crippen LogP contribution is -2.38. The Balaban J connectivity index is 0.00000364. The molecule has 1 N–H and O–H groups in total. The zero-order valence-electron chi connectivity index (χ0n) is 16.5. The van der Waals surface area contributed by atoms with Gasteiger partial charge < -0.3 is 19.5 Å². The first-order valence-corrected chi connectivity index (χ1v) is 8.72. The van der Waals surface area contributed by atoms with Crippen molar-refractivity contribution in [3.8, 4) is 5.75 Å². The minimum atomic E-state index is 0. The molecular weight excluding hydrogens is 455 g/mol. The van der Waals surface area contributed by atoms with Gasteiger partial charge in [-0.2, -0.15) is 0 Å². The second-order valence-corrected chi connectivity index (χ2v) is 5.96. The molecule has 1 aromatic heterocycles. The number of rotatable bonds is 8. The van der Waals surface area contributed by atoms with E-state index in [1.807, 2.05) is 50.7 Å². The molecule has 27 heavy (non-hydrogen) atoms. The zero-order chi connectivity index (χ0) is 18.9. The SMILES string of the molecule is C=CCNC(=NCc1nnc(C)n1C)N(C)Cc1ccc(OCC)cc1.I. The largest absolute Gasteiger partial charge is 0.494 e. The van der Waals surface area contributed by atoms with Crippen molar-refractivity contribution < 1.29 is 4.74 Å². The lowest BCUT2D eigenvalue weighted by Gasteiger charge is -2.22. The lowest BCUT2D eigenvalue weighted by molar-refractivity contribution is 0.340. The molecule has 0 aliphatic rings. The fraction of sp³-hybridized carbons (Fsp3) is 0.421. The average molecular weight is 484 g/mol. The molecular formula is C19H29IN6O. The molecule has 0 spiro atoms. The Hall–Kier alpha value is -2.10. The molecule has 0 saturated heterocycles. The van der Waals surface area contributed by atoms with Crippen LogP contribution in [-0.2, 0) is 20.1 Å². The number of nitrogens with zero attached hydrogens (tertiary/aromatic N) is 5. The van der Waals surface area contributed by atoms with Crippen LogP contribution in [0.2, 0.25) is 0 Å². The summed E-state index contributed by atoms with van der Waals surface area (Å²) in [6, 6.07) is 8.11. The number of aryl methyl sites for hydroxylation is 1. The average Bonchev–Trinajstić information content (AvgIpc) is 2.95. The minimum Gasteiger partial charge on any atom is -0.494 e. The van der Waals surface area contributed by atoms with Crippen molar-refractivity contribution in [1.82, 2.24) is 25.0 Å². The van der Waals surface area contributed by atoms with E-state index in [0.717, 1.165) is 29.9 Å². The van der Waals surface area contributed by atoms with E-state index in [2.05, 4.69) is 44.1 Å². The van der Waals surface area contributed by atoms with E-state index < -0.39 is 0 Å². The molecule has 0 fully saturated rings. The van der Waals surface area contributed by atoms with Gasteiger partial charge in [-0.25, -0.2) is 4.99 Å². The Labute approximate surface area is 178 Å². The normalized spacial score (nSPS) is 10.9. The fourth-order valence-corrected chi connectivity index (χ4v) is 2.42. The zero-order valence-corrected chi connectivity index (χ0v) is 18.8. The highest BCUT2D eigenvalue weighted by molar-refractivity contribution is 14.0. The van der Waals surface area contributed by atoms with Gasteiger partial charge in [0.05, 0.1) is 6.61 Å². The molecule has 0 saturated carbocycles. The van der Waals surface area contributed by atoms with Crippen molar-refractivity contribution >= 4 is 29.9 Å². The van der Waals surface area contributed by atoms with Gasteiger partial charge in [-0.3, -0.25) is 0 Å². The topological polar surface area (TPSA) is 67.6 Å². The molecule has 0 atom stereocenters. The molecule has 1 aromatic carbocycles. The van der Waals surface area contributed by atoms with Crippen LogP contribution in [0, 0.1) is 6.92 Å². The maximum absolute atomic E-state index is 5.49. The summed E-state index contributed by atoms with van der Waals surface area (Å²) in [4.78, 5) is 6.76. The van der Waals surface area contributed by atoms with Gasteiger partial charge in [-0.15, -0.1) is 40.8 Å². The number of nitrogens with one attached hydrogen (secondary N) is 1. The molecule has 8 heteroatoms. The summed E-state index contributed by atoms with van der Waals surface area (Å²) < 4.78 is 7.44. The highest BCUT2D eigenvalue weighted by atomic mass is 127. The smallest absolute Gasteiger partial charge is 0.194 e. The van der Waals surface area contributed by atoms with Crippen molar-refractivity contribution in [3.63, 3.8) is 0 Å². The van der Waals surface area contributed by atoms with E-state index in [4.69, 9.17) is 4.74 Å². The minimum absolute atomic E-state index is 0. The Kier molecular flexibility index (Phi) is 9.84. The summed E-state index contributed by atoms with van der Waals surface area (Å²) in [6.07, 6.45) is 1.81. The molecule has 7 nitrogen and oxygen atoms in total. The Bertz CT molecular complexity index is 741. The van der Waals surface area contributed by atoms with Crippen LogP contribution in [0.15, 0.2) is 41.9 Å². The third-order valence-electron chi connectivity index (χ3n) is 3.97. The maximum Gasteiger partial charge on any atom is 0.194 e. The van der Waals surface area contributed by atoms with Crippen LogP contribution in [0.5, 0.6) is 5.75 Å². The number of aliphatic imine (C=N–C) groups is 1. The summed E-state index contributed by atoms with van der Waals surface area (Å²) >= 11 is 0. The van der Waals surface area contributed by atoms with Crippen LogP contribution in [0.4, 0.5) is 0 Å². The van der Waals surface area contributed by atoms with Crippen LogP contribution in [0.3, 0.4) is 0 Å². The molecule has 148 valence electrons. The molecule has 0 unspecified atom stereocenters. The number of hydrogen-bond acceptors (Lipinski definition) is 4. The number of benzene rings is 1. The summed E-state index contributed by atoms with van der Waals surface area (Å²) in [5, 5.41) is 11.5. The molecule has 0 aliphatic heterocycles. The quantitative estimate of drug-likeness (QED) is 0.270. The second-order valence-electron chi connectivity index (χ2n) is 5.96. The molecule has 2 rings (SSSR count). The summed E-state index contributed by atoms with van der Waals surface area (Å²) in [7, 11) is 3.95. The second kappa shape index (κ2) is 11.6. The summed E-state index contributed by atoms with van der Waals surface area (Å²) in [6.45, 7) is 10.2. The van der Waals surface area contributed by atoms with Gasteiger partial charge >= 0.3 is 0 Å². The molecule has 0 bridgehead atoms. The van der Waals surface area contributed by atoms with Crippen molar-refractivity contribution in [2.24, 2.45) is 12.0 Å². The fourth-order valence-electron chi connectivity index (χ4n) is 2.42. The molecule has 1 heterocycles. The first kappa shape index (κ1) is 22.9. The van der Waals surface area contributed by atoms with E-state index >= 15 is 0 Å². The van der Waals surface area contributed by atoms with Gasteiger partial charge in [0.25, 0.3) is 0 Å². The highest BCUT2D eigenvalue weighted by Crippen LogP contribution is 2.13. The summed E-state index contributed by atoms with van der Waals surface area (Å²) in [5.74, 6) is 3.38. The first-order chi connectivity index (χ1) is 12.5. The van der Waals surface area contributed by atoms with E-state index in [-0.39, 0.29) is 24.0 Å². The number of guanidine groups is 1. The van der Waals surface area contributed by atoms with Gasteiger partial charge in [-0.1, -0.05) is 18.2 Å². The maximum atomic E-state index is 5.49. The van der Waals surface area contributed by atoms with Crippen molar-refractivity contribution in [1.29, 1.82) is 0 Å². The van der Waals surface area contributed by atoms with Crippen molar-refractivity contribution in [2.75, 3.05) is 20.2 Å². The van der Waals surface area contributed by atoms with Gasteiger partial charge in [-0.05, 0) is 31.5 Å². The standard InChI is InChI=1S/C19H28N6O.HI/c1-6-12-20-19(21-13-18-23-22-15(3)25(18)5)24(4)14-16-8-10-17(11-9-16)26-7-2;/h6,8-11H,1,7,12-14H2,2-5H3,(H,20,21);1H. The van der Waals surface area contributed by atoms with Crippen LogP contribution in [0.25, 0.3) is 0 Å². The van der Waals surface area contributed by atoms with Crippen LogP contribution < -0.4 is 10.1 Å². The Morgan fingerprint density at radius 1 is 1.33 bits per heavy atom.